The van der Waals surface area contributed by atoms with Gasteiger partial charge in [0.2, 0.25) is 5.91 Å². The molecule has 1 aromatic carbocycles. The van der Waals surface area contributed by atoms with Gasteiger partial charge in [0.1, 0.15) is 5.75 Å². The second kappa shape index (κ2) is 7.63. The number of hydrogen-bond acceptors (Lipinski definition) is 6. The SMILES string of the molecule is CCOc1ccc2nc(N3CCN(C(=O)Cc4cccs4)CC3)sc2c1. The predicted octanol–water partition coefficient (Wildman–Crippen LogP) is 3.65. The molecule has 1 amide bonds. The molecule has 0 radical (unpaired) electrons. The highest BCUT2D eigenvalue weighted by molar-refractivity contribution is 7.22. The Labute approximate surface area is 160 Å². The predicted molar refractivity (Wildman–Crippen MR) is 108 cm³/mol. The maximum Gasteiger partial charge on any atom is 0.227 e. The molecule has 2 aromatic heterocycles. The number of thiophene rings is 1. The van der Waals surface area contributed by atoms with Gasteiger partial charge in [-0.3, -0.25) is 4.79 Å². The minimum Gasteiger partial charge on any atom is -0.494 e. The van der Waals surface area contributed by atoms with Crippen LogP contribution in [0.25, 0.3) is 10.2 Å². The van der Waals surface area contributed by atoms with Crippen molar-refractivity contribution in [3.63, 3.8) is 0 Å². The van der Waals surface area contributed by atoms with Crippen molar-refractivity contribution in [2.24, 2.45) is 0 Å². The molecule has 5 nitrogen and oxygen atoms in total. The minimum atomic E-state index is 0.220. The summed E-state index contributed by atoms with van der Waals surface area (Å²) in [5.74, 6) is 1.11. The lowest BCUT2D eigenvalue weighted by Gasteiger charge is -2.34. The van der Waals surface area contributed by atoms with Crippen LogP contribution in [-0.2, 0) is 11.2 Å². The van der Waals surface area contributed by atoms with E-state index in [1.165, 1.54) is 0 Å². The number of ether oxygens (including phenoxy) is 1. The van der Waals surface area contributed by atoms with Crippen LogP contribution in [0.1, 0.15) is 11.8 Å². The number of carbonyl (C=O) groups is 1. The number of piperazine rings is 1. The van der Waals surface area contributed by atoms with Crippen molar-refractivity contribution >= 4 is 43.9 Å². The fourth-order valence-corrected chi connectivity index (χ4v) is 4.85. The summed E-state index contributed by atoms with van der Waals surface area (Å²) >= 11 is 3.33. The van der Waals surface area contributed by atoms with E-state index in [1.54, 1.807) is 22.7 Å². The molecule has 1 aliphatic rings. The number of anilines is 1. The van der Waals surface area contributed by atoms with Crippen molar-refractivity contribution in [3.05, 3.63) is 40.6 Å². The molecule has 0 aliphatic carbocycles. The van der Waals surface area contributed by atoms with Gasteiger partial charge in [0, 0.05) is 31.1 Å². The standard InChI is InChI=1S/C19H21N3O2S2/c1-2-24-14-5-6-16-17(12-14)26-19(20-16)22-9-7-21(8-10-22)18(23)13-15-4-3-11-25-15/h3-6,11-12H,2,7-10,13H2,1H3. The average molecular weight is 388 g/mol. The van der Waals surface area contributed by atoms with E-state index >= 15 is 0 Å². The quantitative estimate of drug-likeness (QED) is 0.670. The zero-order valence-electron chi connectivity index (χ0n) is 14.7. The van der Waals surface area contributed by atoms with Gasteiger partial charge in [0.05, 0.1) is 23.2 Å². The summed E-state index contributed by atoms with van der Waals surface area (Å²) in [5.41, 5.74) is 1.00. The van der Waals surface area contributed by atoms with Crippen molar-refractivity contribution in [3.8, 4) is 5.75 Å². The van der Waals surface area contributed by atoms with E-state index in [4.69, 9.17) is 9.72 Å². The van der Waals surface area contributed by atoms with Crippen LogP contribution in [0.4, 0.5) is 5.13 Å². The topological polar surface area (TPSA) is 45.7 Å². The van der Waals surface area contributed by atoms with Gasteiger partial charge in [-0.1, -0.05) is 17.4 Å². The molecule has 136 valence electrons. The Hall–Kier alpha value is -2.12. The lowest BCUT2D eigenvalue weighted by atomic mass is 10.2. The molecule has 3 heterocycles. The van der Waals surface area contributed by atoms with Crippen LogP contribution < -0.4 is 9.64 Å². The highest BCUT2D eigenvalue weighted by Gasteiger charge is 2.23. The van der Waals surface area contributed by atoms with Crippen LogP contribution in [-0.4, -0.2) is 48.6 Å². The summed E-state index contributed by atoms with van der Waals surface area (Å²) in [4.78, 5) is 22.6. The Morgan fingerprint density at radius 2 is 2.08 bits per heavy atom. The van der Waals surface area contributed by atoms with Crippen LogP contribution in [0.2, 0.25) is 0 Å². The number of fused-ring (bicyclic) bond motifs is 1. The first-order valence-electron chi connectivity index (χ1n) is 8.81. The highest BCUT2D eigenvalue weighted by atomic mass is 32.1. The summed E-state index contributed by atoms with van der Waals surface area (Å²) in [5, 5.41) is 3.05. The third-order valence-corrected chi connectivity index (χ3v) is 6.42. The first-order valence-corrected chi connectivity index (χ1v) is 10.5. The third-order valence-electron chi connectivity index (χ3n) is 4.47. The molecule has 1 fully saturated rings. The number of benzene rings is 1. The molecule has 0 unspecified atom stereocenters. The van der Waals surface area contributed by atoms with Crippen LogP contribution in [0.15, 0.2) is 35.7 Å². The lowest BCUT2D eigenvalue weighted by molar-refractivity contribution is -0.130. The number of nitrogens with zero attached hydrogens (tertiary/aromatic N) is 3. The maximum absolute atomic E-state index is 12.4. The summed E-state index contributed by atoms with van der Waals surface area (Å²) in [6, 6.07) is 10.1. The van der Waals surface area contributed by atoms with E-state index in [0.29, 0.717) is 13.0 Å². The molecule has 1 saturated heterocycles. The van der Waals surface area contributed by atoms with Gasteiger partial charge in [0.25, 0.3) is 0 Å². The zero-order valence-corrected chi connectivity index (χ0v) is 16.3. The summed E-state index contributed by atoms with van der Waals surface area (Å²) in [6.07, 6.45) is 0.513. The number of amides is 1. The molecule has 7 heteroatoms. The van der Waals surface area contributed by atoms with Crippen molar-refractivity contribution in [2.75, 3.05) is 37.7 Å². The van der Waals surface area contributed by atoms with E-state index in [1.807, 2.05) is 41.5 Å². The van der Waals surface area contributed by atoms with Gasteiger partial charge in [-0.15, -0.1) is 11.3 Å². The Morgan fingerprint density at radius 3 is 2.81 bits per heavy atom. The maximum atomic E-state index is 12.4. The number of hydrogen-bond donors (Lipinski definition) is 0. The molecule has 26 heavy (non-hydrogen) atoms. The third kappa shape index (κ3) is 3.68. The number of thiazole rings is 1. The number of rotatable bonds is 5. The number of aromatic nitrogens is 1. The van der Waals surface area contributed by atoms with Crippen LogP contribution in [0.5, 0.6) is 5.75 Å². The van der Waals surface area contributed by atoms with Gasteiger partial charge < -0.3 is 14.5 Å². The summed E-state index contributed by atoms with van der Waals surface area (Å²) < 4.78 is 6.71. The molecule has 3 aromatic rings. The Morgan fingerprint density at radius 1 is 1.23 bits per heavy atom. The van der Waals surface area contributed by atoms with E-state index in [9.17, 15) is 4.79 Å². The van der Waals surface area contributed by atoms with Crippen molar-refractivity contribution in [1.29, 1.82) is 0 Å². The van der Waals surface area contributed by atoms with Gasteiger partial charge in [-0.05, 0) is 36.6 Å². The van der Waals surface area contributed by atoms with Crippen molar-refractivity contribution in [2.45, 2.75) is 13.3 Å². The van der Waals surface area contributed by atoms with E-state index in [2.05, 4.69) is 11.0 Å². The second-order valence-corrected chi connectivity index (χ2v) is 8.22. The van der Waals surface area contributed by atoms with E-state index in [-0.39, 0.29) is 5.91 Å². The van der Waals surface area contributed by atoms with Gasteiger partial charge in [0.15, 0.2) is 5.13 Å². The molecular formula is C19H21N3O2S2. The number of carbonyl (C=O) groups excluding carboxylic acids is 1. The second-order valence-electron chi connectivity index (χ2n) is 6.18. The molecule has 0 spiro atoms. The summed E-state index contributed by atoms with van der Waals surface area (Å²) in [7, 11) is 0. The van der Waals surface area contributed by atoms with E-state index in [0.717, 1.165) is 52.2 Å². The summed E-state index contributed by atoms with van der Waals surface area (Å²) in [6.45, 7) is 5.82. The fraction of sp³-hybridized carbons (Fsp3) is 0.368. The Kier molecular flexibility index (Phi) is 5.08. The molecular weight excluding hydrogens is 366 g/mol. The highest BCUT2D eigenvalue weighted by Crippen LogP contribution is 2.32. The smallest absolute Gasteiger partial charge is 0.227 e. The van der Waals surface area contributed by atoms with E-state index < -0.39 is 0 Å². The largest absolute Gasteiger partial charge is 0.494 e. The monoisotopic (exact) mass is 387 g/mol. The van der Waals surface area contributed by atoms with Gasteiger partial charge in [-0.2, -0.15) is 0 Å². The first kappa shape index (κ1) is 17.3. The fourth-order valence-electron chi connectivity index (χ4n) is 3.11. The first-order chi connectivity index (χ1) is 12.7. The molecule has 4 rings (SSSR count). The molecule has 1 aliphatic heterocycles. The van der Waals surface area contributed by atoms with Gasteiger partial charge >= 0.3 is 0 Å². The Bertz CT molecular complexity index is 883. The molecule has 0 saturated carbocycles. The Balaban J connectivity index is 1.39. The molecule has 0 atom stereocenters. The van der Waals surface area contributed by atoms with Crippen LogP contribution in [0.3, 0.4) is 0 Å². The normalized spacial score (nSPS) is 14.8. The lowest BCUT2D eigenvalue weighted by Crippen LogP contribution is -2.49. The van der Waals surface area contributed by atoms with Gasteiger partial charge in [-0.25, -0.2) is 4.98 Å². The van der Waals surface area contributed by atoms with Crippen LogP contribution in [0, 0.1) is 0 Å². The average Bonchev–Trinajstić information content (AvgIpc) is 3.31. The molecule has 0 bridgehead atoms. The van der Waals surface area contributed by atoms with Crippen molar-refractivity contribution in [1.82, 2.24) is 9.88 Å². The van der Waals surface area contributed by atoms with Crippen molar-refractivity contribution < 1.29 is 9.53 Å². The zero-order chi connectivity index (χ0) is 17.9. The minimum absolute atomic E-state index is 0.220. The van der Waals surface area contributed by atoms with Crippen LogP contribution >= 0.6 is 22.7 Å². The molecule has 0 N–H and O–H groups in total.